The Balaban J connectivity index is 1.55. The van der Waals surface area contributed by atoms with Crippen LogP contribution in [0.1, 0.15) is 24.1 Å². The van der Waals surface area contributed by atoms with E-state index in [1.54, 1.807) is 18.3 Å². The number of H-pyrrole nitrogens is 1. The second-order valence-corrected chi connectivity index (χ2v) is 4.91. The van der Waals surface area contributed by atoms with Crippen molar-refractivity contribution in [2.75, 3.05) is 6.54 Å². The highest BCUT2D eigenvalue weighted by molar-refractivity contribution is 5.45. The van der Waals surface area contributed by atoms with Crippen LogP contribution in [0.5, 0.6) is 11.5 Å². The van der Waals surface area contributed by atoms with E-state index in [0.29, 0.717) is 13.0 Å². The third-order valence-corrected chi connectivity index (χ3v) is 3.35. The molecule has 5 nitrogen and oxygen atoms in total. The molecule has 7 heteroatoms. The molecular formula is C14H15F2N3O2. The second-order valence-electron chi connectivity index (χ2n) is 4.91. The van der Waals surface area contributed by atoms with Gasteiger partial charge < -0.3 is 14.8 Å². The van der Waals surface area contributed by atoms with Crippen molar-refractivity contribution in [1.29, 1.82) is 0 Å². The molecule has 0 aliphatic carbocycles. The molecule has 2 aromatic rings. The minimum atomic E-state index is -3.56. The molecule has 112 valence electrons. The van der Waals surface area contributed by atoms with E-state index in [1.165, 1.54) is 6.07 Å². The number of ether oxygens (including phenoxy) is 2. The van der Waals surface area contributed by atoms with Gasteiger partial charge in [0, 0.05) is 17.8 Å². The van der Waals surface area contributed by atoms with Crippen LogP contribution in [-0.4, -0.2) is 23.0 Å². The Hall–Kier alpha value is -2.15. The van der Waals surface area contributed by atoms with Crippen LogP contribution < -0.4 is 14.8 Å². The molecule has 1 aliphatic rings. The number of aromatic amines is 1. The molecule has 0 radical (unpaired) electrons. The molecule has 1 unspecified atom stereocenters. The average Bonchev–Trinajstić information content (AvgIpc) is 3.03. The second kappa shape index (κ2) is 5.33. The molecule has 21 heavy (non-hydrogen) atoms. The summed E-state index contributed by atoms with van der Waals surface area (Å²) in [6, 6.07) is 5.02. The lowest BCUT2D eigenvalue weighted by Crippen LogP contribution is -2.25. The Morgan fingerprint density at radius 2 is 2.14 bits per heavy atom. The summed E-state index contributed by atoms with van der Waals surface area (Å²) in [6.07, 6.45) is 0.736. The van der Waals surface area contributed by atoms with E-state index >= 15 is 0 Å². The summed E-state index contributed by atoms with van der Waals surface area (Å²) in [5.41, 5.74) is 1.97. The van der Waals surface area contributed by atoms with E-state index in [-0.39, 0.29) is 17.5 Å². The first-order chi connectivity index (χ1) is 10.0. The Bertz CT molecular complexity index is 617. The lowest BCUT2D eigenvalue weighted by atomic mass is 10.1. The number of nitrogens with one attached hydrogen (secondary N) is 2. The van der Waals surface area contributed by atoms with Gasteiger partial charge in [0.2, 0.25) is 0 Å². The van der Waals surface area contributed by atoms with Gasteiger partial charge in [-0.3, -0.25) is 5.10 Å². The van der Waals surface area contributed by atoms with Gasteiger partial charge in [-0.1, -0.05) is 6.07 Å². The highest BCUT2D eigenvalue weighted by Gasteiger charge is 2.43. The van der Waals surface area contributed by atoms with Crippen molar-refractivity contribution >= 4 is 0 Å². The van der Waals surface area contributed by atoms with Gasteiger partial charge in [-0.2, -0.15) is 5.10 Å². The third-order valence-electron chi connectivity index (χ3n) is 3.35. The molecule has 0 saturated carbocycles. The van der Waals surface area contributed by atoms with Gasteiger partial charge in [0.15, 0.2) is 11.5 Å². The molecule has 2 heterocycles. The monoisotopic (exact) mass is 295 g/mol. The summed E-state index contributed by atoms with van der Waals surface area (Å²) in [7, 11) is 0. The van der Waals surface area contributed by atoms with Gasteiger partial charge in [0.05, 0.1) is 6.20 Å². The van der Waals surface area contributed by atoms with Crippen molar-refractivity contribution in [3.8, 4) is 11.5 Å². The van der Waals surface area contributed by atoms with Crippen LogP contribution in [0.2, 0.25) is 0 Å². The number of aromatic nitrogens is 2. The molecule has 3 rings (SSSR count). The molecule has 2 N–H and O–H groups in total. The van der Waals surface area contributed by atoms with E-state index in [1.807, 2.05) is 13.1 Å². The average molecular weight is 295 g/mol. The van der Waals surface area contributed by atoms with E-state index in [4.69, 9.17) is 0 Å². The fourth-order valence-corrected chi connectivity index (χ4v) is 2.20. The number of nitrogens with zero attached hydrogens (tertiary/aromatic N) is 1. The van der Waals surface area contributed by atoms with Gasteiger partial charge in [0.25, 0.3) is 0 Å². The van der Waals surface area contributed by atoms with Crippen molar-refractivity contribution < 1.29 is 18.3 Å². The normalized spacial score (nSPS) is 16.9. The first-order valence-corrected chi connectivity index (χ1v) is 6.64. The van der Waals surface area contributed by atoms with Crippen molar-refractivity contribution in [2.45, 2.75) is 25.7 Å². The largest absolute Gasteiger partial charge is 0.586 e. The van der Waals surface area contributed by atoms with Crippen molar-refractivity contribution in [1.82, 2.24) is 15.5 Å². The fraction of sp³-hybridized carbons (Fsp3) is 0.357. The maximum absolute atomic E-state index is 12.9. The molecule has 1 aromatic heterocycles. The van der Waals surface area contributed by atoms with Crippen LogP contribution in [0.4, 0.5) is 8.78 Å². The molecule has 0 amide bonds. The predicted molar refractivity (Wildman–Crippen MR) is 71.4 cm³/mol. The number of hydrogen-bond acceptors (Lipinski definition) is 4. The molecule has 1 atom stereocenters. The number of hydrogen-bond donors (Lipinski definition) is 2. The van der Waals surface area contributed by atoms with Crippen molar-refractivity contribution in [2.24, 2.45) is 0 Å². The maximum atomic E-state index is 12.9. The zero-order valence-corrected chi connectivity index (χ0v) is 11.4. The predicted octanol–water partition coefficient (Wildman–Crippen LogP) is 2.62. The van der Waals surface area contributed by atoms with Gasteiger partial charge in [-0.15, -0.1) is 8.78 Å². The Morgan fingerprint density at radius 1 is 1.33 bits per heavy atom. The van der Waals surface area contributed by atoms with Crippen LogP contribution in [0.3, 0.4) is 0 Å². The van der Waals surface area contributed by atoms with E-state index in [9.17, 15) is 8.78 Å². The van der Waals surface area contributed by atoms with Crippen molar-refractivity contribution in [3.63, 3.8) is 0 Å². The summed E-state index contributed by atoms with van der Waals surface area (Å²) in [4.78, 5) is 0. The van der Waals surface area contributed by atoms with Gasteiger partial charge >= 0.3 is 6.29 Å². The molecule has 1 aliphatic heterocycles. The van der Waals surface area contributed by atoms with Gasteiger partial charge in [-0.05, 0) is 37.6 Å². The summed E-state index contributed by atoms with van der Waals surface area (Å²) in [6.45, 7) is 2.74. The molecule has 1 aromatic carbocycles. The van der Waals surface area contributed by atoms with Crippen molar-refractivity contribution in [3.05, 3.63) is 41.7 Å². The lowest BCUT2D eigenvalue weighted by Gasteiger charge is -2.11. The first kappa shape index (κ1) is 13.8. The molecule has 0 spiro atoms. The number of alkyl halides is 2. The highest BCUT2D eigenvalue weighted by atomic mass is 19.3. The number of rotatable bonds is 5. The maximum Gasteiger partial charge on any atom is 0.586 e. The lowest BCUT2D eigenvalue weighted by molar-refractivity contribution is -0.286. The van der Waals surface area contributed by atoms with Crippen LogP contribution in [0.15, 0.2) is 30.6 Å². The number of benzene rings is 1. The van der Waals surface area contributed by atoms with E-state index in [2.05, 4.69) is 25.0 Å². The Labute approximate surface area is 120 Å². The first-order valence-electron chi connectivity index (χ1n) is 6.64. The SMILES string of the molecule is CC(NCCc1ccc2c(c1)OC(F)(F)O2)c1cn[nH]c1. The quantitative estimate of drug-likeness (QED) is 0.890. The Morgan fingerprint density at radius 3 is 2.90 bits per heavy atom. The molecule has 0 bridgehead atoms. The van der Waals surface area contributed by atoms with Crippen LogP contribution >= 0.6 is 0 Å². The third kappa shape index (κ3) is 3.13. The van der Waals surface area contributed by atoms with Gasteiger partial charge in [-0.25, -0.2) is 0 Å². The minimum Gasteiger partial charge on any atom is -0.395 e. The minimum absolute atomic E-state index is 0.0727. The van der Waals surface area contributed by atoms with Gasteiger partial charge in [0.1, 0.15) is 0 Å². The standard InChI is InChI=1S/C14H15F2N3O2/c1-9(11-7-18-19-8-11)17-5-4-10-2-3-12-13(6-10)21-14(15,16)20-12/h2-3,6-9,17H,4-5H2,1H3,(H,18,19). The van der Waals surface area contributed by atoms with Crippen LogP contribution in [-0.2, 0) is 6.42 Å². The molecule has 0 saturated heterocycles. The van der Waals surface area contributed by atoms with E-state index < -0.39 is 6.29 Å². The van der Waals surface area contributed by atoms with E-state index in [0.717, 1.165) is 11.1 Å². The topological polar surface area (TPSA) is 59.2 Å². The summed E-state index contributed by atoms with van der Waals surface area (Å²) < 4.78 is 34.6. The van der Waals surface area contributed by atoms with Crippen LogP contribution in [0.25, 0.3) is 0 Å². The Kier molecular flexibility index (Phi) is 3.50. The number of halogens is 2. The molecule has 0 fully saturated rings. The zero-order chi connectivity index (χ0) is 14.9. The summed E-state index contributed by atoms with van der Waals surface area (Å²) >= 11 is 0. The zero-order valence-electron chi connectivity index (χ0n) is 11.4. The molecular weight excluding hydrogens is 280 g/mol. The van der Waals surface area contributed by atoms with Crippen LogP contribution in [0, 0.1) is 0 Å². The summed E-state index contributed by atoms with van der Waals surface area (Å²) in [5, 5.41) is 10.00. The highest BCUT2D eigenvalue weighted by Crippen LogP contribution is 2.41. The smallest absolute Gasteiger partial charge is 0.395 e. The fourth-order valence-electron chi connectivity index (χ4n) is 2.20. The summed E-state index contributed by atoms with van der Waals surface area (Å²) in [5.74, 6) is 0.156. The number of fused-ring (bicyclic) bond motifs is 1.